The number of hydrogen-bond donors (Lipinski definition) is 1. The van der Waals surface area contributed by atoms with Crippen LogP contribution in [0.25, 0.3) is 0 Å². The summed E-state index contributed by atoms with van der Waals surface area (Å²) < 4.78 is 0. The van der Waals surface area contributed by atoms with Gasteiger partial charge in [0.25, 0.3) is 0 Å². The van der Waals surface area contributed by atoms with Crippen molar-refractivity contribution in [2.75, 3.05) is 0 Å². The highest BCUT2D eigenvalue weighted by Crippen LogP contribution is 1.82. The lowest BCUT2D eigenvalue weighted by Crippen LogP contribution is -1.99. The van der Waals surface area contributed by atoms with Crippen molar-refractivity contribution in [3.63, 3.8) is 0 Å². The average molecular weight is 78.1 g/mol. The van der Waals surface area contributed by atoms with Gasteiger partial charge in [-0.05, 0) is 6.08 Å². The zero-order valence-corrected chi connectivity index (χ0v) is 3.23. The Morgan fingerprint density at radius 2 is 2.50 bits per heavy atom. The van der Waals surface area contributed by atoms with Crippen LogP contribution >= 0.6 is 0 Å². The topological polar surface area (TPSA) is 12.0 Å². The van der Waals surface area contributed by atoms with Gasteiger partial charge in [0.15, 0.2) is 0 Å². The molecule has 1 heterocycles. The van der Waals surface area contributed by atoms with Crippen LogP contribution in [0.1, 0.15) is 0 Å². The summed E-state index contributed by atoms with van der Waals surface area (Å²) in [6.07, 6.45) is 8.15. The van der Waals surface area contributed by atoms with Crippen LogP contribution in [0, 0.1) is 12.7 Å². The first-order chi connectivity index (χ1) is 3.00. The second kappa shape index (κ2) is 1.65. The van der Waals surface area contributed by atoms with Crippen molar-refractivity contribution in [2.24, 2.45) is 0 Å². The third kappa shape index (κ3) is 0.612. The fourth-order valence-electron chi connectivity index (χ4n) is 0.269. The van der Waals surface area contributed by atoms with Gasteiger partial charge in [0.1, 0.15) is 6.54 Å². The fourth-order valence-corrected chi connectivity index (χ4v) is 0.269. The van der Waals surface area contributed by atoms with Crippen molar-refractivity contribution in [1.82, 2.24) is 5.32 Å². The Bertz CT molecular complexity index is 69.9. The van der Waals surface area contributed by atoms with E-state index in [-0.39, 0.29) is 0 Å². The predicted molar refractivity (Wildman–Crippen MR) is 23.3 cm³/mol. The number of nitrogens with one attached hydrogen (secondary N) is 1. The molecule has 0 aliphatic carbocycles. The van der Waals surface area contributed by atoms with Crippen LogP contribution in [0.5, 0.6) is 0 Å². The first-order valence-corrected chi connectivity index (χ1v) is 1.74. The van der Waals surface area contributed by atoms with E-state index in [0.717, 1.165) is 0 Å². The normalized spacial score (nSPS) is 17.3. The van der Waals surface area contributed by atoms with Crippen LogP contribution in [0.4, 0.5) is 0 Å². The number of rotatable bonds is 0. The van der Waals surface area contributed by atoms with Gasteiger partial charge in [-0.3, -0.25) is 0 Å². The molecule has 1 nitrogen and oxygen atoms in total. The Morgan fingerprint density at radius 1 is 1.50 bits per heavy atom. The molecule has 0 saturated heterocycles. The summed E-state index contributed by atoms with van der Waals surface area (Å²) in [6.45, 7) is 2.71. The molecule has 0 atom stereocenters. The van der Waals surface area contributed by atoms with Gasteiger partial charge in [0.05, 0.1) is 6.20 Å². The van der Waals surface area contributed by atoms with Crippen molar-refractivity contribution >= 4 is 0 Å². The molecule has 0 spiro atoms. The fraction of sp³-hybridized carbons (Fsp3) is 0. The lowest BCUT2D eigenvalue weighted by Gasteiger charge is -1.90. The van der Waals surface area contributed by atoms with E-state index in [4.69, 9.17) is 0 Å². The Morgan fingerprint density at radius 3 is 2.67 bits per heavy atom. The third-order valence-electron chi connectivity index (χ3n) is 0.503. The molecule has 1 aliphatic heterocycles. The smallest absolute Gasteiger partial charge is 0.115 e. The van der Waals surface area contributed by atoms with E-state index < -0.39 is 0 Å². The Hall–Kier alpha value is -0.720. The Kier molecular flexibility index (Phi) is 0.955. The summed E-state index contributed by atoms with van der Waals surface area (Å²) in [5.41, 5.74) is 0. The summed E-state index contributed by atoms with van der Waals surface area (Å²) in [7, 11) is 0. The van der Waals surface area contributed by atoms with Gasteiger partial charge in [-0.15, -0.1) is 0 Å². The number of dihydropyridines is 1. The second-order valence-electron chi connectivity index (χ2n) is 0.939. The Balaban J connectivity index is 2.46. The summed E-state index contributed by atoms with van der Waals surface area (Å²) in [4.78, 5) is 0. The van der Waals surface area contributed by atoms with Crippen LogP contribution in [0.2, 0.25) is 0 Å². The maximum absolute atomic E-state index is 2.71. The second-order valence-corrected chi connectivity index (χ2v) is 0.939. The monoisotopic (exact) mass is 78.0 g/mol. The molecule has 0 unspecified atom stereocenters. The molecule has 3 radical (unpaired) electrons. The van der Waals surface area contributed by atoms with Gasteiger partial charge in [-0.1, -0.05) is 12.2 Å². The van der Waals surface area contributed by atoms with E-state index >= 15 is 0 Å². The zero-order valence-electron chi connectivity index (χ0n) is 3.23. The van der Waals surface area contributed by atoms with Gasteiger partial charge < -0.3 is 5.32 Å². The van der Waals surface area contributed by atoms with E-state index in [1.807, 2.05) is 6.08 Å². The first-order valence-electron chi connectivity index (χ1n) is 1.74. The molecule has 0 aromatic heterocycles. The van der Waals surface area contributed by atoms with Crippen LogP contribution < -0.4 is 5.32 Å². The van der Waals surface area contributed by atoms with Gasteiger partial charge in [0, 0.05) is 0 Å². The highest BCUT2D eigenvalue weighted by atomic mass is 14.8. The standard InChI is InChI=1S/C5H4N/c1-2-4-6-5-3-1/h1-3,6H. The van der Waals surface area contributed by atoms with E-state index in [1.165, 1.54) is 0 Å². The zero-order chi connectivity index (χ0) is 4.24. The van der Waals surface area contributed by atoms with E-state index in [1.54, 1.807) is 12.2 Å². The molecule has 0 aromatic rings. The summed E-state index contributed by atoms with van der Waals surface area (Å²) in [5, 5.41) is 2.64. The van der Waals surface area contributed by atoms with Gasteiger partial charge >= 0.3 is 0 Å². The minimum Gasteiger partial charge on any atom is -0.369 e. The summed E-state index contributed by atoms with van der Waals surface area (Å²) in [6, 6.07) is 0. The molecule has 6 heavy (non-hydrogen) atoms. The van der Waals surface area contributed by atoms with Crippen molar-refractivity contribution in [3.05, 3.63) is 31.0 Å². The molecule has 1 N–H and O–H groups in total. The van der Waals surface area contributed by atoms with E-state index in [0.29, 0.717) is 0 Å². The number of allylic oxidation sites excluding steroid dienone is 2. The minimum absolute atomic E-state index is 1.79. The van der Waals surface area contributed by atoms with Gasteiger partial charge in [0.2, 0.25) is 0 Å². The molecule has 29 valence electrons. The molecule has 0 amide bonds. The lowest BCUT2D eigenvalue weighted by atomic mass is 10.4. The Labute approximate surface area is 37.4 Å². The molecule has 1 rings (SSSR count). The molecule has 0 saturated carbocycles. The maximum atomic E-state index is 2.71. The van der Waals surface area contributed by atoms with Crippen molar-refractivity contribution in [3.8, 4) is 0 Å². The van der Waals surface area contributed by atoms with Crippen LogP contribution in [0.3, 0.4) is 0 Å². The molecule has 0 bridgehead atoms. The largest absolute Gasteiger partial charge is 0.369 e. The van der Waals surface area contributed by atoms with Crippen molar-refractivity contribution in [1.29, 1.82) is 0 Å². The number of hydrogen-bond acceptors (Lipinski definition) is 1. The molecule has 0 aromatic carbocycles. The molecular weight excluding hydrogens is 74.1 g/mol. The summed E-state index contributed by atoms with van der Waals surface area (Å²) in [5.74, 6) is 0. The lowest BCUT2D eigenvalue weighted by molar-refractivity contribution is 1.06. The van der Waals surface area contributed by atoms with Crippen LogP contribution in [-0.4, -0.2) is 0 Å². The van der Waals surface area contributed by atoms with Gasteiger partial charge in [-0.25, -0.2) is 0 Å². The summed E-state index contributed by atoms with van der Waals surface area (Å²) >= 11 is 0. The molecular formula is C5H4N. The van der Waals surface area contributed by atoms with Gasteiger partial charge in [-0.2, -0.15) is 0 Å². The molecule has 1 aliphatic rings. The highest BCUT2D eigenvalue weighted by molar-refractivity contribution is 5.09. The van der Waals surface area contributed by atoms with Crippen molar-refractivity contribution in [2.45, 2.75) is 0 Å². The molecule has 0 fully saturated rings. The van der Waals surface area contributed by atoms with E-state index in [2.05, 4.69) is 18.1 Å². The predicted octanol–water partition coefficient (Wildman–Crippen LogP) is 0.501. The van der Waals surface area contributed by atoms with Crippen LogP contribution in [0.15, 0.2) is 18.2 Å². The average Bonchev–Trinajstić information content (AvgIpc) is 1.72. The van der Waals surface area contributed by atoms with E-state index in [9.17, 15) is 0 Å². The molecule has 1 heteroatoms. The SMILES string of the molecule is [C]1C=CC=[C]N1. The first kappa shape index (κ1) is 3.47. The van der Waals surface area contributed by atoms with Crippen molar-refractivity contribution < 1.29 is 0 Å². The minimum atomic E-state index is 1.79. The maximum Gasteiger partial charge on any atom is 0.115 e. The van der Waals surface area contributed by atoms with Crippen LogP contribution in [-0.2, 0) is 0 Å². The quantitative estimate of drug-likeness (QED) is 0.445. The highest BCUT2D eigenvalue weighted by Gasteiger charge is 1.77. The third-order valence-corrected chi connectivity index (χ3v) is 0.503.